The van der Waals surface area contributed by atoms with Crippen LogP contribution in [0.1, 0.15) is 17.3 Å². The second kappa shape index (κ2) is 9.74. The van der Waals surface area contributed by atoms with Gasteiger partial charge in [0.15, 0.2) is 6.61 Å². The molecule has 0 bridgehead atoms. The number of hydrogen-bond donors (Lipinski definition) is 2. The third-order valence-corrected chi connectivity index (χ3v) is 5.85. The van der Waals surface area contributed by atoms with Crippen LogP contribution < -0.4 is 10.6 Å². The van der Waals surface area contributed by atoms with Gasteiger partial charge in [0, 0.05) is 12.6 Å². The third kappa shape index (κ3) is 5.69. The number of esters is 1. The van der Waals surface area contributed by atoms with Crippen LogP contribution in [0.2, 0.25) is 0 Å². The number of ether oxygens (including phenoxy) is 1. The zero-order valence-electron chi connectivity index (χ0n) is 17.2. The summed E-state index contributed by atoms with van der Waals surface area (Å²) in [6.45, 7) is 0.609. The summed E-state index contributed by atoms with van der Waals surface area (Å²) in [5.74, 6) is -5.54. The lowest BCUT2D eigenvalue weighted by atomic mass is 10.0. The van der Waals surface area contributed by atoms with Crippen molar-refractivity contribution in [2.24, 2.45) is 0 Å². The summed E-state index contributed by atoms with van der Waals surface area (Å²) in [6, 6.07) is 14.4. The number of carbonyl (C=O) groups is 3. The zero-order chi connectivity index (χ0) is 24.2. The molecule has 3 rings (SSSR count). The Balaban J connectivity index is 1.69. The van der Waals surface area contributed by atoms with Gasteiger partial charge in [-0.3, -0.25) is 9.59 Å². The minimum absolute atomic E-state index is 0.0539. The summed E-state index contributed by atoms with van der Waals surface area (Å²) >= 11 is 0. The van der Waals surface area contributed by atoms with Gasteiger partial charge in [-0.15, -0.1) is 0 Å². The van der Waals surface area contributed by atoms with E-state index >= 15 is 0 Å². The number of sulfone groups is 1. The molecular weight excluding hydrogens is 458 g/mol. The number of alkyl halides is 2. The lowest BCUT2D eigenvalue weighted by molar-refractivity contribution is -0.119. The van der Waals surface area contributed by atoms with Crippen LogP contribution in [0, 0.1) is 0 Å². The van der Waals surface area contributed by atoms with E-state index in [1.165, 1.54) is 13.0 Å². The molecule has 3 aromatic carbocycles. The second-order valence-corrected chi connectivity index (χ2v) is 8.80. The van der Waals surface area contributed by atoms with Crippen LogP contribution in [-0.4, -0.2) is 38.6 Å². The average Bonchev–Trinajstić information content (AvgIpc) is 2.77. The third-order valence-electron chi connectivity index (χ3n) is 4.45. The minimum atomic E-state index is -4.75. The Kier molecular flexibility index (Phi) is 7.02. The van der Waals surface area contributed by atoms with E-state index < -0.39 is 44.9 Å². The quantitative estimate of drug-likeness (QED) is 0.503. The minimum Gasteiger partial charge on any atom is -0.452 e. The van der Waals surface area contributed by atoms with Gasteiger partial charge in [0.25, 0.3) is 5.91 Å². The fourth-order valence-corrected chi connectivity index (χ4v) is 3.66. The van der Waals surface area contributed by atoms with Crippen molar-refractivity contribution in [1.29, 1.82) is 0 Å². The molecule has 8 nitrogen and oxygen atoms in total. The number of nitrogens with one attached hydrogen (secondary N) is 2. The molecule has 0 saturated heterocycles. The topological polar surface area (TPSA) is 119 Å². The van der Waals surface area contributed by atoms with Gasteiger partial charge in [-0.2, -0.15) is 8.78 Å². The number of anilines is 2. The van der Waals surface area contributed by atoms with Crippen molar-refractivity contribution in [2.45, 2.75) is 17.6 Å². The van der Waals surface area contributed by atoms with Crippen molar-refractivity contribution in [2.75, 3.05) is 17.2 Å². The van der Waals surface area contributed by atoms with Crippen molar-refractivity contribution in [3.8, 4) is 0 Å². The van der Waals surface area contributed by atoms with Gasteiger partial charge >= 0.3 is 11.7 Å². The molecule has 0 aliphatic carbocycles. The Morgan fingerprint density at radius 3 is 2.12 bits per heavy atom. The first-order valence-corrected chi connectivity index (χ1v) is 11.0. The molecule has 11 heteroatoms. The lowest BCUT2D eigenvalue weighted by Crippen LogP contribution is -2.22. The summed E-state index contributed by atoms with van der Waals surface area (Å²) in [6.07, 6.45) is 0. The highest BCUT2D eigenvalue weighted by atomic mass is 32.2. The standard InChI is InChI=1S/C22H18F2N2O6S/c1-13(27)25-19-11-15-5-3-2-4-14(15)10-18(19)21(29)32-12-20(28)26-16-6-8-17(9-7-16)33(30,31)22(23)24/h2-11,22H,12H2,1H3,(H,25,27)(H,26,28). The molecule has 3 aromatic rings. The van der Waals surface area contributed by atoms with Crippen LogP contribution in [0.4, 0.5) is 20.2 Å². The molecule has 0 atom stereocenters. The molecule has 0 spiro atoms. The van der Waals surface area contributed by atoms with Crippen LogP contribution in [0.25, 0.3) is 10.8 Å². The molecule has 172 valence electrons. The van der Waals surface area contributed by atoms with E-state index in [1.807, 2.05) is 0 Å². The van der Waals surface area contributed by atoms with E-state index in [0.29, 0.717) is 0 Å². The maximum Gasteiger partial charge on any atom is 0.341 e. The monoisotopic (exact) mass is 476 g/mol. The SMILES string of the molecule is CC(=O)Nc1cc2ccccc2cc1C(=O)OCC(=O)Nc1ccc(S(=O)(=O)C(F)F)cc1. The van der Waals surface area contributed by atoms with Crippen molar-refractivity contribution < 1.29 is 36.3 Å². The number of amides is 2. The van der Waals surface area contributed by atoms with E-state index in [1.54, 1.807) is 30.3 Å². The van der Waals surface area contributed by atoms with E-state index in [-0.39, 0.29) is 16.9 Å². The van der Waals surface area contributed by atoms with Crippen molar-refractivity contribution in [1.82, 2.24) is 0 Å². The highest BCUT2D eigenvalue weighted by Crippen LogP contribution is 2.25. The summed E-state index contributed by atoms with van der Waals surface area (Å²) in [4.78, 5) is 35.6. The van der Waals surface area contributed by atoms with Crippen LogP contribution in [0.15, 0.2) is 65.6 Å². The molecule has 0 aliphatic rings. The van der Waals surface area contributed by atoms with E-state index in [4.69, 9.17) is 4.74 Å². The molecule has 0 aliphatic heterocycles. The number of fused-ring (bicyclic) bond motifs is 1. The molecule has 0 fully saturated rings. The Bertz CT molecular complexity index is 1320. The molecule has 33 heavy (non-hydrogen) atoms. The first kappa shape index (κ1) is 23.8. The van der Waals surface area contributed by atoms with Crippen LogP contribution in [0.5, 0.6) is 0 Å². The van der Waals surface area contributed by atoms with E-state index in [0.717, 1.165) is 35.0 Å². The highest BCUT2D eigenvalue weighted by Gasteiger charge is 2.26. The number of benzene rings is 3. The molecule has 0 unspecified atom stereocenters. The first-order chi connectivity index (χ1) is 15.6. The maximum absolute atomic E-state index is 12.6. The van der Waals surface area contributed by atoms with Crippen molar-refractivity contribution in [3.05, 3.63) is 66.2 Å². The predicted octanol–water partition coefficient (Wildman–Crippen LogP) is 3.59. The van der Waals surface area contributed by atoms with Gasteiger partial charge < -0.3 is 15.4 Å². The van der Waals surface area contributed by atoms with Crippen LogP contribution in [0.3, 0.4) is 0 Å². The van der Waals surface area contributed by atoms with Gasteiger partial charge in [-0.25, -0.2) is 13.2 Å². The van der Waals surface area contributed by atoms with Gasteiger partial charge in [0.1, 0.15) is 0 Å². The molecule has 0 radical (unpaired) electrons. The summed E-state index contributed by atoms with van der Waals surface area (Å²) in [5.41, 5.74) is 0.398. The highest BCUT2D eigenvalue weighted by molar-refractivity contribution is 7.91. The predicted molar refractivity (Wildman–Crippen MR) is 117 cm³/mol. The van der Waals surface area contributed by atoms with Crippen molar-refractivity contribution >= 4 is 49.8 Å². The molecule has 2 N–H and O–H groups in total. The Morgan fingerprint density at radius 2 is 1.55 bits per heavy atom. The lowest BCUT2D eigenvalue weighted by Gasteiger charge is -2.12. The fraction of sp³-hybridized carbons (Fsp3) is 0.136. The molecule has 2 amide bonds. The number of carbonyl (C=O) groups excluding carboxylic acids is 3. The second-order valence-electron chi connectivity index (χ2n) is 6.88. The van der Waals surface area contributed by atoms with E-state index in [2.05, 4.69) is 10.6 Å². The van der Waals surface area contributed by atoms with E-state index in [9.17, 15) is 31.6 Å². The van der Waals surface area contributed by atoms with Crippen molar-refractivity contribution in [3.63, 3.8) is 0 Å². The Hall–Kier alpha value is -3.86. The first-order valence-electron chi connectivity index (χ1n) is 9.47. The molecule has 0 heterocycles. The molecular formula is C22H18F2N2O6S. The molecule has 0 aromatic heterocycles. The van der Waals surface area contributed by atoms with Gasteiger partial charge in [-0.1, -0.05) is 24.3 Å². The smallest absolute Gasteiger partial charge is 0.341 e. The maximum atomic E-state index is 12.6. The average molecular weight is 476 g/mol. The van der Waals surface area contributed by atoms with Crippen LogP contribution in [-0.2, 0) is 24.2 Å². The molecule has 0 saturated carbocycles. The largest absolute Gasteiger partial charge is 0.452 e. The normalized spacial score (nSPS) is 11.3. The number of hydrogen-bond acceptors (Lipinski definition) is 6. The Morgan fingerprint density at radius 1 is 0.939 bits per heavy atom. The summed E-state index contributed by atoms with van der Waals surface area (Å²) in [5, 5.41) is 6.43. The Labute approximate surface area is 187 Å². The summed E-state index contributed by atoms with van der Waals surface area (Å²) < 4.78 is 53.1. The number of halogens is 2. The van der Waals surface area contributed by atoms with Gasteiger partial charge in [0.2, 0.25) is 15.7 Å². The number of rotatable bonds is 7. The van der Waals surface area contributed by atoms with Gasteiger partial charge in [0.05, 0.1) is 16.1 Å². The van der Waals surface area contributed by atoms with Gasteiger partial charge in [-0.05, 0) is 47.2 Å². The van der Waals surface area contributed by atoms with Crippen LogP contribution >= 0.6 is 0 Å². The fourth-order valence-electron chi connectivity index (χ4n) is 2.94. The zero-order valence-corrected chi connectivity index (χ0v) is 18.0. The summed E-state index contributed by atoms with van der Waals surface area (Å²) in [7, 11) is -4.75.